The van der Waals surface area contributed by atoms with E-state index in [0.717, 1.165) is 31.7 Å². The molecule has 8 heteroatoms. The van der Waals surface area contributed by atoms with Crippen LogP contribution in [0.4, 0.5) is 5.69 Å². The fourth-order valence-corrected chi connectivity index (χ4v) is 4.12. The van der Waals surface area contributed by atoms with Gasteiger partial charge in [0.05, 0.1) is 9.82 Å². The van der Waals surface area contributed by atoms with Crippen LogP contribution in [0.2, 0.25) is 5.02 Å². The molecule has 1 aromatic rings. The molecule has 0 aliphatic heterocycles. The van der Waals surface area contributed by atoms with Gasteiger partial charge in [0, 0.05) is 12.1 Å². The molecule has 1 saturated carbocycles. The molecule has 0 saturated heterocycles. The summed E-state index contributed by atoms with van der Waals surface area (Å²) >= 11 is 5.70. The summed E-state index contributed by atoms with van der Waals surface area (Å²) in [6.07, 6.45) is 3.66. The summed E-state index contributed by atoms with van der Waals surface area (Å²) in [6, 6.07) is 3.40. The molecule has 1 aliphatic rings. The molecule has 6 nitrogen and oxygen atoms in total. The van der Waals surface area contributed by atoms with E-state index in [1.807, 2.05) is 0 Å². The van der Waals surface area contributed by atoms with Crippen molar-refractivity contribution >= 4 is 27.3 Å². The van der Waals surface area contributed by atoms with Crippen molar-refractivity contribution in [1.82, 2.24) is 4.72 Å². The van der Waals surface area contributed by atoms with Crippen molar-refractivity contribution in [3.8, 4) is 0 Å². The van der Waals surface area contributed by atoms with Gasteiger partial charge < -0.3 is 0 Å². The van der Waals surface area contributed by atoms with E-state index >= 15 is 0 Å². The molecule has 1 fully saturated rings. The zero-order valence-electron chi connectivity index (χ0n) is 11.6. The number of nitro groups is 1. The second-order valence-electron chi connectivity index (χ2n) is 5.46. The Morgan fingerprint density at radius 3 is 2.71 bits per heavy atom. The molecule has 0 radical (unpaired) electrons. The van der Waals surface area contributed by atoms with Crippen LogP contribution in [-0.4, -0.2) is 19.4 Å². The Morgan fingerprint density at radius 2 is 2.10 bits per heavy atom. The molecule has 0 heterocycles. The number of rotatable bonds is 4. The van der Waals surface area contributed by atoms with Crippen LogP contribution in [0.25, 0.3) is 0 Å². The highest BCUT2D eigenvalue weighted by Crippen LogP contribution is 2.28. The van der Waals surface area contributed by atoms with Gasteiger partial charge in [-0.1, -0.05) is 31.4 Å². The highest BCUT2D eigenvalue weighted by Gasteiger charge is 2.26. The Morgan fingerprint density at radius 1 is 1.38 bits per heavy atom. The summed E-state index contributed by atoms with van der Waals surface area (Å²) in [5.74, 6) is 0.478. The molecule has 2 unspecified atom stereocenters. The maximum atomic E-state index is 12.3. The van der Waals surface area contributed by atoms with Crippen molar-refractivity contribution in [2.24, 2.45) is 5.92 Å². The van der Waals surface area contributed by atoms with E-state index in [0.29, 0.717) is 5.92 Å². The van der Waals surface area contributed by atoms with Gasteiger partial charge in [-0.3, -0.25) is 10.1 Å². The van der Waals surface area contributed by atoms with E-state index in [9.17, 15) is 18.5 Å². The summed E-state index contributed by atoms with van der Waals surface area (Å²) < 4.78 is 27.3. The molecule has 1 aliphatic carbocycles. The van der Waals surface area contributed by atoms with E-state index in [-0.39, 0.29) is 16.0 Å². The van der Waals surface area contributed by atoms with Crippen LogP contribution in [-0.2, 0) is 10.0 Å². The molecule has 0 aromatic heterocycles. The minimum Gasteiger partial charge on any atom is -0.258 e. The molecule has 21 heavy (non-hydrogen) atoms. The van der Waals surface area contributed by atoms with E-state index in [2.05, 4.69) is 11.6 Å². The van der Waals surface area contributed by atoms with E-state index in [1.165, 1.54) is 12.1 Å². The predicted octanol–water partition coefficient (Wildman–Crippen LogP) is 3.11. The number of hydrogen-bond acceptors (Lipinski definition) is 4. The number of benzene rings is 1. The molecular formula is C13H17ClN2O4S. The first kappa shape index (κ1) is 16.2. The van der Waals surface area contributed by atoms with E-state index in [4.69, 9.17) is 11.6 Å². The third-order valence-electron chi connectivity index (χ3n) is 3.68. The van der Waals surface area contributed by atoms with Crippen molar-refractivity contribution in [2.75, 3.05) is 0 Å². The number of nitrogens with one attached hydrogen (secondary N) is 1. The van der Waals surface area contributed by atoms with Crippen LogP contribution >= 0.6 is 11.6 Å². The minimum absolute atomic E-state index is 0.0785. The number of sulfonamides is 1. The molecule has 0 bridgehead atoms. The lowest BCUT2D eigenvalue weighted by Crippen LogP contribution is -2.37. The number of halogens is 1. The van der Waals surface area contributed by atoms with Gasteiger partial charge in [0.25, 0.3) is 5.69 Å². The van der Waals surface area contributed by atoms with Crippen molar-refractivity contribution in [3.63, 3.8) is 0 Å². The molecular weight excluding hydrogens is 316 g/mol. The second kappa shape index (κ2) is 6.29. The molecule has 116 valence electrons. The quantitative estimate of drug-likeness (QED) is 0.677. The fraction of sp³-hybridized carbons (Fsp3) is 0.538. The first-order valence-corrected chi connectivity index (χ1v) is 8.62. The minimum atomic E-state index is -3.77. The third-order valence-corrected chi connectivity index (χ3v) is 5.52. The topological polar surface area (TPSA) is 89.3 Å². The van der Waals surface area contributed by atoms with Gasteiger partial charge in [-0.15, -0.1) is 0 Å². The summed E-state index contributed by atoms with van der Waals surface area (Å²) in [5.41, 5.74) is -0.406. The molecule has 2 atom stereocenters. The summed E-state index contributed by atoms with van der Waals surface area (Å²) in [5, 5.41) is 10.8. The van der Waals surface area contributed by atoms with Gasteiger partial charge in [-0.25, -0.2) is 13.1 Å². The monoisotopic (exact) mass is 332 g/mol. The van der Waals surface area contributed by atoms with Gasteiger partial charge in [-0.05, 0) is 30.9 Å². The Hall–Kier alpha value is -1.18. The van der Waals surface area contributed by atoms with Crippen LogP contribution in [0.1, 0.15) is 32.6 Å². The molecule has 1 aromatic carbocycles. The number of nitrogens with zero attached hydrogens (tertiary/aromatic N) is 1. The summed E-state index contributed by atoms with van der Waals surface area (Å²) in [6.45, 7) is 2.09. The van der Waals surface area contributed by atoms with Crippen molar-refractivity contribution < 1.29 is 13.3 Å². The Balaban J connectivity index is 2.23. The van der Waals surface area contributed by atoms with Crippen LogP contribution in [0.5, 0.6) is 0 Å². The highest BCUT2D eigenvalue weighted by molar-refractivity contribution is 7.89. The van der Waals surface area contributed by atoms with Crippen molar-refractivity contribution in [2.45, 2.75) is 43.5 Å². The largest absolute Gasteiger partial charge is 0.289 e. The average Bonchev–Trinajstić information content (AvgIpc) is 2.38. The van der Waals surface area contributed by atoms with Gasteiger partial charge in [0.2, 0.25) is 10.0 Å². The Bertz CT molecular complexity index is 648. The van der Waals surface area contributed by atoms with Gasteiger partial charge in [0.15, 0.2) is 0 Å². The van der Waals surface area contributed by atoms with Gasteiger partial charge in [0.1, 0.15) is 5.02 Å². The fourth-order valence-electron chi connectivity index (χ4n) is 2.63. The molecule has 1 N–H and O–H groups in total. The van der Waals surface area contributed by atoms with Crippen LogP contribution in [0.15, 0.2) is 23.1 Å². The summed E-state index contributed by atoms with van der Waals surface area (Å²) in [7, 11) is -3.77. The van der Waals surface area contributed by atoms with Gasteiger partial charge in [-0.2, -0.15) is 0 Å². The van der Waals surface area contributed by atoms with Crippen LogP contribution in [0, 0.1) is 16.0 Å². The normalized spacial score (nSPS) is 23.0. The first-order chi connectivity index (χ1) is 9.79. The smallest absolute Gasteiger partial charge is 0.258 e. The molecule has 0 amide bonds. The highest BCUT2D eigenvalue weighted by atomic mass is 35.5. The standard InChI is InChI=1S/C13H17ClN2O4S/c1-9-3-2-4-10(7-9)15-21(19,20)11-5-6-12(14)13(8-11)16(17)18/h5-6,8-10,15H,2-4,7H2,1H3. The van der Waals surface area contributed by atoms with E-state index < -0.39 is 20.6 Å². The number of hydrogen-bond donors (Lipinski definition) is 1. The zero-order chi connectivity index (χ0) is 15.6. The maximum absolute atomic E-state index is 12.3. The van der Waals surface area contributed by atoms with Crippen molar-refractivity contribution in [3.05, 3.63) is 33.3 Å². The first-order valence-electron chi connectivity index (χ1n) is 6.76. The maximum Gasteiger partial charge on any atom is 0.289 e. The van der Waals surface area contributed by atoms with Gasteiger partial charge >= 0.3 is 0 Å². The molecule has 2 rings (SSSR count). The van der Waals surface area contributed by atoms with Crippen LogP contribution in [0.3, 0.4) is 0 Å². The number of nitro benzene ring substituents is 1. The van der Waals surface area contributed by atoms with E-state index in [1.54, 1.807) is 0 Å². The average molecular weight is 333 g/mol. The predicted molar refractivity (Wildman–Crippen MR) is 79.8 cm³/mol. The Kier molecular flexibility index (Phi) is 4.85. The molecule has 0 spiro atoms. The lowest BCUT2D eigenvalue weighted by molar-refractivity contribution is -0.384. The second-order valence-corrected chi connectivity index (χ2v) is 7.58. The van der Waals surface area contributed by atoms with Crippen LogP contribution < -0.4 is 4.72 Å². The lowest BCUT2D eigenvalue weighted by Gasteiger charge is -2.27. The lowest BCUT2D eigenvalue weighted by atomic mass is 9.88. The van der Waals surface area contributed by atoms with Crippen molar-refractivity contribution in [1.29, 1.82) is 0 Å². The zero-order valence-corrected chi connectivity index (χ0v) is 13.2. The third kappa shape index (κ3) is 3.93. The summed E-state index contributed by atoms with van der Waals surface area (Å²) in [4.78, 5) is 10.0. The Labute approximate surface area is 128 Å². The SMILES string of the molecule is CC1CCCC(NS(=O)(=O)c2ccc(Cl)c([N+](=O)[O-])c2)C1.